The molecule has 7 heteroatoms. The predicted molar refractivity (Wildman–Crippen MR) is 109 cm³/mol. The summed E-state index contributed by atoms with van der Waals surface area (Å²) in [6, 6.07) is 17.3. The maximum Gasteiger partial charge on any atom is 0.441 e. The second-order valence-electron chi connectivity index (χ2n) is 6.15. The van der Waals surface area contributed by atoms with Crippen molar-refractivity contribution < 1.29 is 23.1 Å². The molecule has 1 aliphatic carbocycles. The van der Waals surface area contributed by atoms with Gasteiger partial charge in [-0.15, -0.1) is 0 Å². The normalized spacial score (nSPS) is 14.8. The van der Waals surface area contributed by atoms with Crippen LogP contribution >= 0.6 is 7.60 Å². The van der Waals surface area contributed by atoms with Crippen LogP contribution in [0, 0.1) is 0 Å². The van der Waals surface area contributed by atoms with Crippen molar-refractivity contribution in [3.05, 3.63) is 89.0 Å². The van der Waals surface area contributed by atoms with Gasteiger partial charge < -0.3 is 19.3 Å². The standard InChI is InChI=1S/C21H21N2O4P/c1-25-28(24,26-2)20(23-22)21(27-16-17-8-4-3-5-9-17)14-12-18-10-6-7-11-19(18)13-15-21/h3-15H,16H2,1-2H3. The Morgan fingerprint density at radius 3 is 2.00 bits per heavy atom. The maximum atomic E-state index is 13.1. The third-order valence-electron chi connectivity index (χ3n) is 4.52. The minimum atomic E-state index is -3.89. The molecule has 2 aromatic rings. The molecule has 0 spiro atoms. The molecule has 0 N–H and O–H groups in total. The highest BCUT2D eigenvalue weighted by atomic mass is 31.2. The van der Waals surface area contributed by atoms with E-state index in [1.807, 2.05) is 66.7 Å². The molecular formula is C21H21N2O4P. The van der Waals surface area contributed by atoms with Crippen LogP contribution in [-0.4, -0.2) is 30.1 Å². The third-order valence-corrected chi connectivity index (χ3v) is 6.44. The number of fused-ring (bicyclic) bond motifs is 1. The zero-order valence-corrected chi connectivity index (χ0v) is 16.6. The van der Waals surface area contributed by atoms with Gasteiger partial charge in [-0.3, -0.25) is 0 Å². The van der Waals surface area contributed by atoms with Crippen molar-refractivity contribution >= 4 is 25.2 Å². The van der Waals surface area contributed by atoms with Crippen molar-refractivity contribution in [1.29, 1.82) is 0 Å². The Balaban J connectivity index is 2.09. The Labute approximate surface area is 164 Å². The molecule has 0 atom stereocenters. The summed E-state index contributed by atoms with van der Waals surface area (Å²) >= 11 is 0. The van der Waals surface area contributed by atoms with Gasteiger partial charge in [0.1, 0.15) is 0 Å². The molecule has 0 amide bonds. The van der Waals surface area contributed by atoms with E-state index < -0.39 is 13.2 Å². The summed E-state index contributed by atoms with van der Waals surface area (Å²) < 4.78 is 29.4. The van der Waals surface area contributed by atoms with Gasteiger partial charge in [0.2, 0.25) is 5.60 Å². The van der Waals surface area contributed by atoms with Gasteiger partial charge >= 0.3 is 13.0 Å². The smallest absolute Gasteiger partial charge is 0.361 e. The molecule has 0 heterocycles. The predicted octanol–water partition coefficient (Wildman–Crippen LogP) is 4.80. The summed E-state index contributed by atoms with van der Waals surface area (Å²) in [7, 11) is -1.42. The van der Waals surface area contributed by atoms with E-state index in [0.29, 0.717) is 0 Å². The minimum Gasteiger partial charge on any atom is -0.361 e. The second kappa shape index (κ2) is 8.61. The van der Waals surface area contributed by atoms with Gasteiger partial charge in [0.05, 0.1) is 6.61 Å². The molecule has 0 aromatic heterocycles. The molecule has 28 heavy (non-hydrogen) atoms. The first kappa shape index (κ1) is 20.2. The largest absolute Gasteiger partial charge is 0.441 e. The van der Waals surface area contributed by atoms with Crippen molar-refractivity contribution in [2.24, 2.45) is 0 Å². The van der Waals surface area contributed by atoms with Crippen LogP contribution < -0.4 is 0 Å². The number of benzene rings is 2. The fourth-order valence-electron chi connectivity index (χ4n) is 2.98. The lowest BCUT2D eigenvalue weighted by Gasteiger charge is -2.25. The SMILES string of the molecule is COP(=O)(OC)C(=[N+]=[N-])C1(OCc2ccccc2)C=Cc2ccccc2C=C1. The van der Waals surface area contributed by atoms with Crippen LogP contribution in [0.4, 0.5) is 0 Å². The minimum absolute atomic E-state index is 0.193. The van der Waals surface area contributed by atoms with E-state index in [0.717, 1.165) is 16.7 Å². The summed E-state index contributed by atoms with van der Waals surface area (Å²) in [6.07, 6.45) is 7.05. The molecule has 0 saturated carbocycles. The highest BCUT2D eigenvalue weighted by Gasteiger charge is 2.53. The van der Waals surface area contributed by atoms with Crippen LogP contribution in [0.15, 0.2) is 66.7 Å². The van der Waals surface area contributed by atoms with Crippen LogP contribution in [0.25, 0.3) is 17.7 Å². The quantitative estimate of drug-likeness (QED) is 0.291. The molecule has 144 valence electrons. The van der Waals surface area contributed by atoms with Gasteiger partial charge in [-0.25, -0.2) is 4.57 Å². The maximum absolute atomic E-state index is 13.1. The molecule has 0 bridgehead atoms. The summed E-state index contributed by atoms with van der Waals surface area (Å²) in [5.74, 6) is 0. The van der Waals surface area contributed by atoms with E-state index in [9.17, 15) is 10.1 Å². The van der Waals surface area contributed by atoms with Crippen LogP contribution in [0.3, 0.4) is 0 Å². The van der Waals surface area contributed by atoms with E-state index in [1.165, 1.54) is 14.2 Å². The topological polar surface area (TPSA) is 81.2 Å². The number of ether oxygens (including phenoxy) is 1. The van der Waals surface area contributed by atoms with Gasteiger partial charge in [-0.05, 0) is 28.8 Å². The van der Waals surface area contributed by atoms with Crippen LogP contribution in [0.5, 0.6) is 0 Å². The number of hydrogen-bond donors (Lipinski definition) is 0. The fraction of sp³-hybridized carbons (Fsp3) is 0.190. The summed E-state index contributed by atoms with van der Waals surface area (Å²) in [4.78, 5) is 3.29. The highest BCUT2D eigenvalue weighted by molar-refractivity contribution is 7.72. The van der Waals surface area contributed by atoms with E-state index in [2.05, 4.69) is 4.79 Å². The Hall–Kier alpha value is -2.59. The number of rotatable bonds is 7. The Kier molecular flexibility index (Phi) is 6.20. The third kappa shape index (κ3) is 3.97. The summed E-state index contributed by atoms with van der Waals surface area (Å²) in [6.45, 7) is 0.193. The number of hydrogen-bond acceptors (Lipinski definition) is 4. The van der Waals surface area contributed by atoms with E-state index in [4.69, 9.17) is 13.8 Å². The first-order valence-electron chi connectivity index (χ1n) is 8.67. The van der Waals surface area contributed by atoms with Gasteiger partial charge in [0.25, 0.3) is 0 Å². The average Bonchev–Trinajstić information content (AvgIpc) is 2.94. The van der Waals surface area contributed by atoms with E-state index in [1.54, 1.807) is 12.2 Å². The lowest BCUT2D eigenvalue weighted by Crippen LogP contribution is -2.38. The van der Waals surface area contributed by atoms with Crippen LogP contribution in [0.1, 0.15) is 16.7 Å². The zero-order valence-electron chi connectivity index (χ0n) is 15.7. The fourth-order valence-corrected chi connectivity index (χ4v) is 4.22. The van der Waals surface area contributed by atoms with Crippen LogP contribution in [0.2, 0.25) is 0 Å². The molecule has 2 aromatic carbocycles. The molecular weight excluding hydrogens is 375 g/mol. The van der Waals surface area contributed by atoms with Crippen molar-refractivity contribution in [1.82, 2.24) is 0 Å². The van der Waals surface area contributed by atoms with Gasteiger partial charge in [-0.2, -0.15) is 4.79 Å². The first-order chi connectivity index (χ1) is 13.6. The van der Waals surface area contributed by atoms with E-state index in [-0.39, 0.29) is 12.1 Å². The molecule has 6 nitrogen and oxygen atoms in total. The molecule has 0 unspecified atom stereocenters. The first-order valence-corrected chi connectivity index (χ1v) is 10.2. The molecule has 0 radical (unpaired) electrons. The number of nitrogens with zero attached hydrogens (tertiary/aromatic N) is 2. The van der Waals surface area contributed by atoms with Gasteiger partial charge in [0.15, 0.2) is 0 Å². The molecule has 0 fully saturated rings. The summed E-state index contributed by atoms with van der Waals surface area (Å²) in [5, 5.41) is 0. The molecule has 0 aliphatic heterocycles. The molecule has 0 saturated heterocycles. The lowest BCUT2D eigenvalue weighted by atomic mass is 10.0. The Bertz CT molecular complexity index is 953. The van der Waals surface area contributed by atoms with Gasteiger partial charge in [0, 0.05) is 14.2 Å². The second-order valence-corrected chi connectivity index (χ2v) is 8.30. The molecule has 1 aliphatic rings. The Morgan fingerprint density at radius 2 is 1.50 bits per heavy atom. The van der Waals surface area contributed by atoms with Crippen LogP contribution in [-0.2, 0) is 25.0 Å². The van der Waals surface area contributed by atoms with Crippen molar-refractivity contribution in [3.8, 4) is 0 Å². The monoisotopic (exact) mass is 396 g/mol. The van der Waals surface area contributed by atoms with Crippen molar-refractivity contribution in [2.75, 3.05) is 14.2 Å². The average molecular weight is 396 g/mol. The van der Waals surface area contributed by atoms with Crippen molar-refractivity contribution in [2.45, 2.75) is 12.2 Å². The highest BCUT2D eigenvalue weighted by Crippen LogP contribution is 2.52. The van der Waals surface area contributed by atoms with Gasteiger partial charge in [-0.1, -0.05) is 66.7 Å². The van der Waals surface area contributed by atoms with E-state index >= 15 is 0 Å². The lowest BCUT2D eigenvalue weighted by molar-refractivity contribution is -0.0372. The zero-order chi connectivity index (χ0) is 20.0. The molecule has 3 rings (SSSR count). The van der Waals surface area contributed by atoms with Crippen molar-refractivity contribution in [3.63, 3.8) is 0 Å². The summed E-state index contributed by atoms with van der Waals surface area (Å²) in [5.41, 5.74) is 10.9. The Morgan fingerprint density at radius 1 is 0.964 bits per heavy atom.